The highest BCUT2D eigenvalue weighted by molar-refractivity contribution is 7.89. The summed E-state index contributed by atoms with van der Waals surface area (Å²) < 4.78 is 26.9. The monoisotopic (exact) mass is 428 g/mol. The molecule has 0 radical (unpaired) electrons. The number of carbonyl (C=O) groups excluding carboxylic acids is 2. The van der Waals surface area contributed by atoms with E-state index in [2.05, 4.69) is 10.3 Å². The molecule has 2 aliphatic heterocycles. The molecule has 9 heteroatoms. The molecule has 3 heterocycles. The zero-order valence-corrected chi connectivity index (χ0v) is 17.3. The quantitative estimate of drug-likeness (QED) is 0.787. The number of anilines is 2. The van der Waals surface area contributed by atoms with Crippen LogP contribution in [0.2, 0.25) is 0 Å². The molecule has 8 nitrogen and oxygen atoms in total. The summed E-state index contributed by atoms with van der Waals surface area (Å²) in [6.45, 7) is 1.21. The van der Waals surface area contributed by atoms with Crippen molar-refractivity contribution in [3.05, 3.63) is 48.8 Å². The van der Waals surface area contributed by atoms with Crippen molar-refractivity contribution in [3.63, 3.8) is 0 Å². The van der Waals surface area contributed by atoms with Gasteiger partial charge in [-0.1, -0.05) is 12.1 Å². The van der Waals surface area contributed by atoms with E-state index in [1.165, 1.54) is 22.8 Å². The average Bonchev–Trinajstić information content (AvgIpc) is 3.20. The van der Waals surface area contributed by atoms with Gasteiger partial charge in [0, 0.05) is 44.4 Å². The van der Waals surface area contributed by atoms with Gasteiger partial charge < -0.3 is 10.2 Å². The fourth-order valence-electron chi connectivity index (χ4n) is 3.96. The summed E-state index contributed by atoms with van der Waals surface area (Å²) in [5.74, 6) is -0.370. The van der Waals surface area contributed by atoms with Crippen LogP contribution in [0.15, 0.2) is 53.7 Å². The molecule has 0 unspecified atom stereocenters. The topological polar surface area (TPSA) is 99.7 Å². The minimum Gasteiger partial charge on any atom is -0.324 e. The molecule has 0 saturated carbocycles. The fourth-order valence-corrected chi connectivity index (χ4v) is 5.39. The highest BCUT2D eigenvalue weighted by atomic mass is 32.2. The Hall–Kier alpha value is -2.78. The van der Waals surface area contributed by atoms with Crippen molar-refractivity contribution >= 4 is 33.2 Å². The Morgan fingerprint density at radius 2 is 1.83 bits per heavy atom. The van der Waals surface area contributed by atoms with E-state index in [4.69, 9.17) is 0 Å². The van der Waals surface area contributed by atoms with Gasteiger partial charge in [0.15, 0.2) is 0 Å². The molecule has 1 aromatic heterocycles. The van der Waals surface area contributed by atoms with Crippen LogP contribution < -0.4 is 10.2 Å². The average molecular weight is 429 g/mol. The number of sulfonamides is 1. The van der Waals surface area contributed by atoms with Gasteiger partial charge in [0.05, 0.1) is 11.4 Å². The molecule has 30 heavy (non-hydrogen) atoms. The van der Waals surface area contributed by atoms with Crippen molar-refractivity contribution in [2.75, 3.05) is 29.9 Å². The summed E-state index contributed by atoms with van der Waals surface area (Å²) >= 11 is 0. The van der Waals surface area contributed by atoms with Crippen LogP contribution >= 0.6 is 0 Å². The van der Waals surface area contributed by atoms with Crippen molar-refractivity contribution < 1.29 is 18.0 Å². The third kappa shape index (κ3) is 4.08. The van der Waals surface area contributed by atoms with Crippen molar-refractivity contribution in [1.29, 1.82) is 0 Å². The highest BCUT2D eigenvalue weighted by Crippen LogP contribution is 2.31. The van der Waals surface area contributed by atoms with Crippen LogP contribution in [0.3, 0.4) is 0 Å². The van der Waals surface area contributed by atoms with E-state index in [-0.39, 0.29) is 35.7 Å². The summed E-state index contributed by atoms with van der Waals surface area (Å²) in [4.78, 5) is 30.7. The summed E-state index contributed by atoms with van der Waals surface area (Å²) in [5.41, 5.74) is 1.33. The van der Waals surface area contributed by atoms with Crippen molar-refractivity contribution in [2.45, 2.75) is 30.6 Å². The Balaban J connectivity index is 1.41. The first-order chi connectivity index (χ1) is 14.5. The predicted molar refractivity (Wildman–Crippen MR) is 112 cm³/mol. The molecule has 2 saturated heterocycles. The second kappa shape index (κ2) is 8.53. The van der Waals surface area contributed by atoms with E-state index in [1.54, 1.807) is 17.0 Å². The van der Waals surface area contributed by atoms with Gasteiger partial charge in [0.25, 0.3) is 0 Å². The molecule has 4 rings (SSSR count). The van der Waals surface area contributed by atoms with E-state index < -0.39 is 10.0 Å². The van der Waals surface area contributed by atoms with E-state index in [1.807, 2.05) is 18.2 Å². The maximum Gasteiger partial charge on any atom is 0.244 e. The van der Waals surface area contributed by atoms with Gasteiger partial charge >= 0.3 is 0 Å². The first-order valence-corrected chi connectivity index (χ1v) is 11.5. The fraction of sp³-hybridized carbons (Fsp3) is 0.381. The minimum atomic E-state index is -3.60. The number of rotatable bonds is 5. The van der Waals surface area contributed by atoms with Crippen LogP contribution in [0.25, 0.3) is 0 Å². The number of pyridine rings is 1. The van der Waals surface area contributed by atoms with Crippen molar-refractivity contribution in [3.8, 4) is 0 Å². The Morgan fingerprint density at radius 1 is 1.07 bits per heavy atom. The molecule has 0 aliphatic carbocycles. The van der Waals surface area contributed by atoms with E-state index in [0.29, 0.717) is 37.2 Å². The Labute approximate surface area is 175 Å². The smallest absolute Gasteiger partial charge is 0.244 e. The summed E-state index contributed by atoms with van der Waals surface area (Å²) in [5, 5.41) is 2.95. The molecule has 2 aromatic rings. The number of aromatic nitrogens is 1. The second-order valence-electron chi connectivity index (χ2n) is 7.52. The standard InChI is InChI=1S/C21H24N4O4S/c26-20-8-4-12-25(20)19-7-2-1-6-18(19)23-21(27)16-9-13-24(14-10-16)30(28,29)17-5-3-11-22-15-17/h1-3,5-7,11,15-16H,4,8-10,12-14H2,(H,23,27). The molecule has 1 aromatic carbocycles. The summed E-state index contributed by atoms with van der Waals surface area (Å²) in [6, 6.07) is 10.4. The summed E-state index contributed by atoms with van der Waals surface area (Å²) in [7, 11) is -3.60. The normalized spacial score (nSPS) is 18.5. The molecule has 1 N–H and O–H groups in total. The zero-order chi connectivity index (χ0) is 21.1. The Bertz CT molecular complexity index is 1030. The van der Waals surface area contributed by atoms with Crippen LogP contribution in [0.4, 0.5) is 11.4 Å². The zero-order valence-electron chi connectivity index (χ0n) is 16.5. The van der Waals surface area contributed by atoms with Crippen LogP contribution in [0.5, 0.6) is 0 Å². The third-order valence-corrected chi connectivity index (χ3v) is 7.51. The van der Waals surface area contributed by atoms with E-state index in [0.717, 1.165) is 6.42 Å². The number of nitrogens with zero attached hydrogens (tertiary/aromatic N) is 3. The lowest BCUT2D eigenvalue weighted by molar-refractivity contribution is -0.121. The van der Waals surface area contributed by atoms with Crippen LogP contribution in [-0.2, 0) is 19.6 Å². The minimum absolute atomic E-state index is 0.0608. The lowest BCUT2D eigenvalue weighted by Gasteiger charge is -2.30. The van der Waals surface area contributed by atoms with E-state index >= 15 is 0 Å². The molecule has 0 atom stereocenters. The number of piperidine rings is 1. The Morgan fingerprint density at radius 3 is 2.50 bits per heavy atom. The summed E-state index contributed by atoms with van der Waals surface area (Å²) in [6.07, 6.45) is 5.08. The van der Waals surface area contributed by atoms with Crippen LogP contribution in [0, 0.1) is 5.92 Å². The van der Waals surface area contributed by atoms with Crippen molar-refractivity contribution in [2.24, 2.45) is 5.92 Å². The van der Waals surface area contributed by atoms with Gasteiger partial charge in [-0.2, -0.15) is 4.31 Å². The maximum absolute atomic E-state index is 12.8. The van der Waals surface area contributed by atoms with Gasteiger partial charge in [-0.25, -0.2) is 8.42 Å². The van der Waals surface area contributed by atoms with Crippen molar-refractivity contribution in [1.82, 2.24) is 9.29 Å². The van der Waals surface area contributed by atoms with E-state index in [9.17, 15) is 18.0 Å². The number of para-hydroxylation sites is 2. The van der Waals surface area contributed by atoms with Gasteiger partial charge in [0.1, 0.15) is 4.90 Å². The van der Waals surface area contributed by atoms with Crippen LogP contribution in [0.1, 0.15) is 25.7 Å². The maximum atomic E-state index is 12.8. The molecule has 2 fully saturated rings. The lowest BCUT2D eigenvalue weighted by Crippen LogP contribution is -2.41. The first-order valence-electron chi connectivity index (χ1n) is 10.1. The number of hydrogen-bond acceptors (Lipinski definition) is 5. The number of benzene rings is 1. The second-order valence-corrected chi connectivity index (χ2v) is 9.46. The molecule has 2 amide bonds. The molecule has 2 aliphatic rings. The number of amides is 2. The molecule has 158 valence electrons. The molecule has 0 bridgehead atoms. The number of hydrogen-bond donors (Lipinski definition) is 1. The Kier molecular flexibility index (Phi) is 5.83. The molecular formula is C21H24N4O4S. The molecule has 0 spiro atoms. The number of carbonyl (C=O) groups is 2. The largest absolute Gasteiger partial charge is 0.324 e. The predicted octanol–water partition coefficient (Wildman–Crippen LogP) is 2.25. The number of nitrogens with one attached hydrogen (secondary N) is 1. The first kappa shape index (κ1) is 20.5. The van der Waals surface area contributed by atoms with Gasteiger partial charge in [-0.05, 0) is 43.5 Å². The SMILES string of the molecule is O=C(Nc1ccccc1N1CCCC1=O)C1CCN(S(=O)(=O)c2cccnc2)CC1. The van der Waals surface area contributed by atoms with Gasteiger partial charge in [-0.3, -0.25) is 14.6 Å². The van der Waals surface area contributed by atoms with Gasteiger partial charge in [0.2, 0.25) is 21.8 Å². The lowest BCUT2D eigenvalue weighted by atomic mass is 9.97. The highest BCUT2D eigenvalue weighted by Gasteiger charge is 2.33. The van der Waals surface area contributed by atoms with Gasteiger partial charge in [-0.15, -0.1) is 0 Å². The van der Waals surface area contributed by atoms with Crippen LogP contribution in [-0.4, -0.2) is 49.2 Å². The molecular weight excluding hydrogens is 404 g/mol. The third-order valence-electron chi connectivity index (χ3n) is 5.62.